The van der Waals surface area contributed by atoms with E-state index in [4.69, 9.17) is 5.73 Å². The van der Waals surface area contributed by atoms with Crippen molar-refractivity contribution in [2.24, 2.45) is 11.7 Å². The van der Waals surface area contributed by atoms with Crippen LogP contribution in [0.25, 0.3) is 0 Å². The highest BCUT2D eigenvalue weighted by Gasteiger charge is 2.26. The Hall–Kier alpha value is -1.88. The summed E-state index contributed by atoms with van der Waals surface area (Å²) < 4.78 is 0. The van der Waals surface area contributed by atoms with Crippen molar-refractivity contribution in [2.45, 2.75) is 26.7 Å². The summed E-state index contributed by atoms with van der Waals surface area (Å²) in [6, 6.07) is 5.98. The third kappa shape index (κ3) is 4.04. The van der Waals surface area contributed by atoms with Crippen molar-refractivity contribution in [3.63, 3.8) is 0 Å². The number of likely N-dealkylation sites (tertiary alicyclic amines) is 1. The second-order valence-corrected chi connectivity index (χ2v) is 5.77. The molecular formula is C16H23N3O2. The molecule has 1 heterocycles. The molecule has 2 amide bonds. The first-order valence-corrected chi connectivity index (χ1v) is 7.35. The molecule has 0 aromatic heterocycles. The van der Waals surface area contributed by atoms with Gasteiger partial charge in [0.15, 0.2) is 0 Å². The predicted molar refractivity (Wildman–Crippen MR) is 82.9 cm³/mol. The molecule has 5 heteroatoms. The first kappa shape index (κ1) is 15.5. The number of nitrogens with two attached hydrogens (primary N) is 1. The molecule has 0 bridgehead atoms. The number of hydrogen-bond donors (Lipinski definition) is 2. The lowest BCUT2D eigenvalue weighted by atomic mass is 9.95. The molecular weight excluding hydrogens is 266 g/mol. The van der Waals surface area contributed by atoms with Gasteiger partial charge < -0.3 is 11.1 Å². The summed E-state index contributed by atoms with van der Waals surface area (Å²) in [5.41, 5.74) is 8.27. The summed E-state index contributed by atoms with van der Waals surface area (Å²) in [7, 11) is 0. The lowest BCUT2D eigenvalue weighted by Crippen LogP contribution is -2.42. The summed E-state index contributed by atoms with van der Waals surface area (Å²) in [5.74, 6) is -0.229. The number of carbonyl (C=O) groups excluding carboxylic acids is 2. The second kappa shape index (κ2) is 6.72. The van der Waals surface area contributed by atoms with Crippen LogP contribution >= 0.6 is 0 Å². The van der Waals surface area contributed by atoms with Gasteiger partial charge in [0.25, 0.3) is 0 Å². The molecule has 2 rings (SSSR count). The molecule has 114 valence electrons. The average molecular weight is 289 g/mol. The largest absolute Gasteiger partial charge is 0.369 e. The summed E-state index contributed by atoms with van der Waals surface area (Å²) in [6.07, 6.45) is 1.54. The van der Waals surface area contributed by atoms with E-state index in [9.17, 15) is 9.59 Å². The highest BCUT2D eigenvalue weighted by molar-refractivity contribution is 5.94. The van der Waals surface area contributed by atoms with Crippen LogP contribution in [0.15, 0.2) is 18.2 Å². The standard InChI is InChI=1S/C16H23N3O2/c1-11-4-3-5-12(2)15(11)18-16(21)13-6-8-19(9-7-13)10-14(17)20/h3-5,13H,6-10H2,1-2H3,(H2,17,20)(H,18,21). The van der Waals surface area contributed by atoms with Crippen molar-refractivity contribution < 1.29 is 9.59 Å². The van der Waals surface area contributed by atoms with Crippen LogP contribution in [0.3, 0.4) is 0 Å². The van der Waals surface area contributed by atoms with Crippen LogP contribution in [0.1, 0.15) is 24.0 Å². The number of hydrogen-bond acceptors (Lipinski definition) is 3. The molecule has 1 aliphatic rings. The summed E-state index contributed by atoms with van der Waals surface area (Å²) in [5, 5.41) is 3.05. The number of nitrogens with one attached hydrogen (secondary N) is 1. The zero-order chi connectivity index (χ0) is 15.4. The van der Waals surface area contributed by atoms with E-state index in [1.54, 1.807) is 0 Å². The van der Waals surface area contributed by atoms with Crippen molar-refractivity contribution in [3.05, 3.63) is 29.3 Å². The van der Waals surface area contributed by atoms with Crippen LogP contribution in [0.4, 0.5) is 5.69 Å². The lowest BCUT2D eigenvalue weighted by molar-refractivity contribution is -0.122. The zero-order valence-electron chi connectivity index (χ0n) is 12.7. The monoisotopic (exact) mass is 289 g/mol. The number of rotatable bonds is 4. The number of carbonyl (C=O) groups is 2. The molecule has 1 saturated heterocycles. The van der Waals surface area contributed by atoms with Gasteiger partial charge in [0.2, 0.25) is 11.8 Å². The number of nitrogens with zero attached hydrogens (tertiary/aromatic N) is 1. The topological polar surface area (TPSA) is 75.4 Å². The molecule has 21 heavy (non-hydrogen) atoms. The first-order chi connectivity index (χ1) is 9.97. The fourth-order valence-corrected chi connectivity index (χ4v) is 2.81. The smallest absolute Gasteiger partial charge is 0.231 e. The minimum absolute atomic E-state index is 0.00753. The third-order valence-corrected chi connectivity index (χ3v) is 4.07. The molecule has 0 aliphatic carbocycles. The van der Waals surface area contributed by atoms with E-state index in [1.807, 2.05) is 36.9 Å². The quantitative estimate of drug-likeness (QED) is 0.880. The Morgan fingerprint density at radius 3 is 2.33 bits per heavy atom. The number of primary amides is 1. The predicted octanol–water partition coefficient (Wildman–Crippen LogP) is 1.44. The van der Waals surface area contributed by atoms with Crippen molar-refractivity contribution >= 4 is 17.5 Å². The van der Waals surface area contributed by atoms with Gasteiger partial charge in [-0.25, -0.2) is 0 Å². The summed E-state index contributed by atoms with van der Waals surface area (Å²) >= 11 is 0. The maximum Gasteiger partial charge on any atom is 0.231 e. The highest BCUT2D eigenvalue weighted by Crippen LogP contribution is 2.23. The number of aryl methyl sites for hydroxylation is 2. The van der Waals surface area contributed by atoms with Crippen molar-refractivity contribution in [1.82, 2.24) is 4.90 Å². The highest BCUT2D eigenvalue weighted by atomic mass is 16.2. The maximum atomic E-state index is 12.4. The van der Waals surface area contributed by atoms with Crippen molar-refractivity contribution in [1.29, 1.82) is 0 Å². The molecule has 1 aromatic rings. The number of para-hydroxylation sites is 1. The van der Waals surface area contributed by atoms with E-state index < -0.39 is 0 Å². The van der Waals surface area contributed by atoms with Crippen molar-refractivity contribution in [3.8, 4) is 0 Å². The Labute approximate surface area is 125 Å². The molecule has 3 N–H and O–H groups in total. The van der Waals surface area contributed by atoms with Gasteiger partial charge in [-0.2, -0.15) is 0 Å². The van der Waals surface area contributed by atoms with Gasteiger partial charge in [-0.05, 0) is 50.9 Å². The Bertz CT molecular complexity index is 514. The molecule has 1 fully saturated rings. The van der Waals surface area contributed by atoms with Gasteiger partial charge in [-0.1, -0.05) is 18.2 Å². The van der Waals surface area contributed by atoms with E-state index in [-0.39, 0.29) is 24.3 Å². The Morgan fingerprint density at radius 2 is 1.81 bits per heavy atom. The van der Waals surface area contributed by atoms with E-state index >= 15 is 0 Å². The normalized spacial score (nSPS) is 16.7. The molecule has 0 unspecified atom stereocenters. The van der Waals surface area contributed by atoms with Crippen LogP contribution in [0.2, 0.25) is 0 Å². The molecule has 0 atom stereocenters. The summed E-state index contributed by atoms with van der Waals surface area (Å²) in [6.45, 7) is 5.77. The van der Waals surface area contributed by atoms with Gasteiger partial charge in [0.05, 0.1) is 6.54 Å². The van der Waals surface area contributed by atoms with Crippen LogP contribution in [-0.2, 0) is 9.59 Å². The van der Waals surface area contributed by atoms with Gasteiger partial charge in [0.1, 0.15) is 0 Å². The molecule has 1 aromatic carbocycles. The summed E-state index contributed by atoms with van der Waals surface area (Å²) in [4.78, 5) is 25.3. The number of benzene rings is 1. The minimum Gasteiger partial charge on any atom is -0.369 e. The molecule has 0 radical (unpaired) electrons. The molecule has 0 spiro atoms. The van der Waals surface area contributed by atoms with E-state index in [2.05, 4.69) is 5.32 Å². The lowest BCUT2D eigenvalue weighted by Gasteiger charge is -2.30. The van der Waals surface area contributed by atoms with Crippen LogP contribution in [0.5, 0.6) is 0 Å². The van der Waals surface area contributed by atoms with Gasteiger partial charge in [-0.3, -0.25) is 14.5 Å². The number of piperidine rings is 1. The number of amides is 2. The fourth-order valence-electron chi connectivity index (χ4n) is 2.81. The van der Waals surface area contributed by atoms with E-state index in [0.29, 0.717) is 0 Å². The Morgan fingerprint density at radius 1 is 1.24 bits per heavy atom. The Balaban J connectivity index is 1.92. The van der Waals surface area contributed by atoms with Gasteiger partial charge in [0, 0.05) is 11.6 Å². The van der Waals surface area contributed by atoms with E-state index in [1.165, 1.54) is 0 Å². The van der Waals surface area contributed by atoms with Crippen molar-refractivity contribution in [2.75, 3.05) is 25.0 Å². The fraction of sp³-hybridized carbons (Fsp3) is 0.500. The minimum atomic E-state index is -0.312. The second-order valence-electron chi connectivity index (χ2n) is 5.77. The molecule has 1 aliphatic heterocycles. The third-order valence-electron chi connectivity index (χ3n) is 4.07. The Kier molecular flexibility index (Phi) is 4.96. The van der Waals surface area contributed by atoms with Crippen LogP contribution < -0.4 is 11.1 Å². The van der Waals surface area contributed by atoms with Gasteiger partial charge in [-0.15, -0.1) is 0 Å². The van der Waals surface area contributed by atoms with Gasteiger partial charge >= 0.3 is 0 Å². The number of anilines is 1. The maximum absolute atomic E-state index is 12.4. The molecule has 0 saturated carbocycles. The zero-order valence-corrected chi connectivity index (χ0v) is 12.7. The average Bonchev–Trinajstić information content (AvgIpc) is 2.43. The van der Waals surface area contributed by atoms with E-state index in [0.717, 1.165) is 42.7 Å². The molecule has 5 nitrogen and oxygen atoms in total. The van der Waals surface area contributed by atoms with Crippen LogP contribution in [0, 0.1) is 19.8 Å². The SMILES string of the molecule is Cc1cccc(C)c1NC(=O)C1CCN(CC(N)=O)CC1. The van der Waals surface area contributed by atoms with Crippen LogP contribution in [-0.4, -0.2) is 36.3 Å². The first-order valence-electron chi connectivity index (χ1n) is 7.35.